The Kier molecular flexibility index (Phi) is 4.42. The third-order valence-corrected chi connectivity index (χ3v) is 6.05. The molecule has 23 heavy (non-hydrogen) atoms. The summed E-state index contributed by atoms with van der Waals surface area (Å²) in [5.74, 6) is 0.844. The van der Waals surface area contributed by atoms with Crippen molar-refractivity contribution >= 4 is 11.3 Å². The smallest absolute Gasteiger partial charge is 0.0897 e. The lowest BCUT2D eigenvalue weighted by molar-refractivity contribution is -0.00309. The Morgan fingerprint density at radius 3 is 2.78 bits per heavy atom. The molecule has 0 saturated carbocycles. The minimum atomic E-state index is 0.653. The highest BCUT2D eigenvalue weighted by atomic mass is 32.1. The lowest BCUT2D eigenvalue weighted by atomic mass is 9.83. The summed E-state index contributed by atoms with van der Waals surface area (Å²) in [6.07, 6.45) is 6.56. The van der Waals surface area contributed by atoms with Crippen molar-refractivity contribution in [2.75, 3.05) is 19.6 Å². The number of rotatable bonds is 5. The van der Waals surface area contributed by atoms with E-state index >= 15 is 0 Å². The van der Waals surface area contributed by atoms with Gasteiger partial charge < -0.3 is 4.90 Å². The van der Waals surface area contributed by atoms with Crippen LogP contribution in [0, 0.1) is 12.8 Å². The van der Waals surface area contributed by atoms with Gasteiger partial charge in [0, 0.05) is 43.4 Å². The van der Waals surface area contributed by atoms with Gasteiger partial charge in [0.25, 0.3) is 0 Å². The van der Waals surface area contributed by atoms with Gasteiger partial charge in [-0.3, -0.25) is 9.88 Å². The molecule has 0 radical (unpaired) electrons. The molecule has 0 amide bonds. The minimum absolute atomic E-state index is 0.653. The monoisotopic (exact) mass is 328 g/mol. The first-order valence-corrected chi connectivity index (χ1v) is 9.42. The Balaban J connectivity index is 1.55. The average Bonchev–Trinajstić information content (AvgIpc) is 3.01. The summed E-state index contributed by atoms with van der Waals surface area (Å²) < 4.78 is 0. The van der Waals surface area contributed by atoms with Crippen LogP contribution in [0.5, 0.6) is 0 Å². The van der Waals surface area contributed by atoms with E-state index in [-0.39, 0.29) is 0 Å². The maximum Gasteiger partial charge on any atom is 0.0897 e. The molecule has 2 aromatic rings. The van der Waals surface area contributed by atoms with E-state index in [9.17, 15) is 0 Å². The summed E-state index contributed by atoms with van der Waals surface area (Å²) in [5, 5.41) is 3.38. The van der Waals surface area contributed by atoms with Crippen LogP contribution in [0.15, 0.2) is 29.9 Å². The molecule has 2 aromatic heterocycles. The van der Waals surface area contributed by atoms with Crippen LogP contribution >= 0.6 is 11.3 Å². The summed E-state index contributed by atoms with van der Waals surface area (Å²) in [5.41, 5.74) is 2.52. The normalized spacial score (nSPS) is 26.8. The molecule has 0 N–H and O–H groups in total. The van der Waals surface area contributed by atoms with E-state index in [1.165, 1.54) is 43.7 Å². The van der Waals surface area contributed by atoms with Gasteiger partial charge in [0.2, 0.25) is 0 Å². The van der Waals surface area contributed by atoms with Gasteiger partial charge in [-0.05, 0) is 50.4 Å². The first kappa shape index (κ1) is 15.2. The van der Waals surface area contributed by atoms with Gasteiger partial charge in [0.15, 0.2) is 0 Å². The van der Waals surface area contributed by atoms with Crippen LogP contribution in [-0.2, 0) is 13.1 Å². The second kappa shape index (κ2) is 6.67. The summed E-state index contributed by atoms with van der Waals surface area (Å²) in [6, 6.07) is 4.88. The topological polar surface area (TPSA) is 32.3 Å². The molecule has 3 saturated heterocycles. The molecular formula is C18H24N4S. The van der Waals surface area contributed by atoms with Crippen molar-refractivity contribution in [3.63, 3.8) is 0 Å². The minimum Gasteiger partial charge on any atom is -0.302 e. The molecule has 122 valence electrons. The molecule has 0 aromatic carbocycles. The van der Waals surface area contributed by atoms with E-state index in [0.717, 1.165) is 24.0 Å². The van der Waals surface area contributed by atoms with E-state index in [1.54, 1.807) is 11.3 Å². The number of pyridine rings is 1. The van der Waals surface area contributed by atoms with E-state index in [2.05, 4.69) is 33.2 Å². The van der Waals surface area contributed by atoms with E-state index in [4.69, 9.17) is 4.98 Å². The molecule has 5 heterocycles. The van der Waals surface area contributed by atoms with Gasteiger partial charge >= 0.3 is 0 Å². The second-order valence-electron chi connectivity index (χ2n) is 6.83. The number of fused-ring (bicyclic) bond motifs is 3. The Bertz CT molecular complexity index is 633. The van der Waals surface area contributed by atoms with E-state index < -0.39 is 0 Å². The fraction of sp³-hybridized carbons (Fsp3) is 0.556. The number of nitrogens with zero attached hydrogens (tertiary/aromatic N) is 4. The molecule has 0 spiro atoms. The van der Waals surface area contributed by atoms with Gasteiger partial charge in [0.05, 0.1) is 10.7 Å². The van der Waals surface area contributed by atoms with Gasteiger partial charge in [-0.1, -0.05) is 6.07 Å². The SMILES string of the molecule is Cc1nc(CN(Cc2cccnc2)C2CN3CCC2CC3)cs1. The Hall–Kier alpha value is -1.30. The largest absolute Gasteiger partial charge is 0.302 e. The van der Waals surface area contributed by atoms with Gasteiger partial charge in [-0.2, -0.15) is 0 Å². The van der Waals surface area contributed by atoms with Crippen LogP contribution in [0.2, 0.25) is 0 Å². The van der Waals surface area contributed by atoms with Gasteiger partial charge in [-0.15, -0.1) is 11.3 Å². The first-order chi connectivity index (χ1) is 11.3. The lowest BCUT2D eigenvalue weighted by Gasteiger charge is -2.49. The zero-order valence-corrected chi connectivity index (χ0v) is 14.5. The van der Waals surface area contributed by atoms with Crippen molar-refractivity contribution in [3.8, 4) is 0 Å². The highest BCUT2D eigenvalue weighted by Crippen LogP contribution is 2.32. The number of hydrogen-bond acceptors (Lipinski definition) is 5. The van der Waals surface area contributed by atoms with Crippen LogP contribution in [0.1, 0.15) is 29.1 Å². The van der Waals surface area contributed by atoms with Crippen molar-refractivity contribution < 1.29 is 0 Å². The van der Waals surface area contributed by atoms with Crippen molar-refractivity contribution in [2.45, 2.75) is 38.9 Å². The number of hydrogen-bond donors (Lipinski definition) is 0. The molecule has 3 aliphatic rings. The molecule has 2 bridgehead atoms. The van der Waals surface area contributed by atoms with Crippen molar-refractivity contribution in [1.82, 2.24) is 19.8 Å². The highest BCUT2D eigenvalue weighted by molar-refractivity contribution is 7.09. The van der Waals surface area contributed by atoms with Gasteiger partial charge in [-0.25, -0.2) is 4.98 Å². The highest BCUT2D eigenvalue weighted by Gasteiger charge is 2.37. The Morgan fingerprint density at radius 2 is 2.17 bits per heavy atom. The van der Waals surface area contributed by atoms with Crippen molar-refractivity contribution in [1.29, 1.82) is 0 Å². The molecule has 4 nitrogen and oxygen atoms in total. The molecule has 3 fully saturated rings. The summed E-state index contributed by atoms with van der Waals surface area (Å²) in [6.45, 7) is 7.81. The third-order valence-electron chi connectivity index (χ3n) is 5.23. The second-order valence-corrected chi connectivity index (χ2v) is 7.89. The predicted molar refractivity (Wildman–Crippen MR) is 93.3 cm³/mol. The molecular weight excluding hydrogens is 304 g/mol. The van der Waals surface area contributed by atoms with E-state index in [0.29, 0.717) is 6.04 Å². The Morgan fingerprint density at radius 1 is 1.30 bits per heavy atom. The number of aryl methyl sites for hydroxylation is 1. The van der Waals surface area contributed by atoms with Crippen LogP contribution in [-0.4, -0.2) is 45.4 Å². The van der Waals surface area contributed by atoms with Crippen molar-refractivity contribution in [3.05, 3.63) is 46.2 Å². The molecule has 1 unspecified atom stereocenters. The van der Waals surface area contributed by atoms with Crippen LogP contribution < -0.4 is 0 Å². The maximum atomic E-state index is 4.70. The molecule has 3 aliphatic heterocycles. The molecule has 5 rings (SSSR count). The van der Waals surface area contributed by atoms with E-state index in [1.807, 2.05) is 18.5 Å². The fourth-order valence-electron chi connectivity index (χ4n) is 4.05. The van der Waals surface area contributed by atoms with Gasteiger partial charge in [0.1, 0.15) is 0 Å². The average molecular weight is 328 g/mol. The number of aromatic nitrogens is 2. The standard InChI is InChI=1S/C18H24N4S/c1-14-20-17(13-23-14)11-22(10-15-3-2-6-19-9-15)18-12-21-7-4-16(18)5-8-21/h2-3,6,9,13,16,18H,4-5,7-8,10-12H2,1H3. The molecule has 0 aliphatic carbocycles. The number of thiazole rings is 1. The summed E-state index contributed by atoms with van der Waals surface area (Å²) in [4.78, 5) is 14.3. The van der Waals surface area contributed by atoms with Crippen molar-refractivity contribution in [2.24, 2.45) is 5.92 Å². The van der Waals surface area contributed by atoms with Crippen LogP contribution in [0.4, 0.5) is 0 Å². The number of piperidine rings is 3. The third kappa shape index (κ3) is 3.47. The summed E-state index contributed by atoms with van der Waals surface area (Å²) in [7, 11) is 0. The van der Waals surface area contributed by atoms with Crippen LogP contribution in [0.25, 0.3) is 0 Å². The fourth-order valence-corrected chi connectivity index (χ4v) is 4.66. The molecule has 1 atom stereocenters. The zero-order valence-electron chi connectivity index (χ0n) is 13.7. The quantitative estimate of drug-likeness (QED) is 0.845. The first-order valence-electron chi connectivity index (χ1n) is 8.54. The summed E-state index contributed by atoms with van der Waals surface area (Å²) >= 11 is 1.75. The lowest BCUT2D eigenvalue weighted by Crippen LogP contribution is -2.56. The predicted octanol–water partition coefficient (Wildman–Crippen LogP) is 2.94. The van der Waals surface area contributed by atoms with Crippen LogP contribution in [0.3, 0.4) is 0 Å². The Labute approximate surface area is 142 Å². The molecule has 5 heteroatoms. The zero-order chi connectivity index (χ0) is 15.6. The maximum absolute atomic E-state index is 4.70.